The van der Waals surface area contributed by atoms with Gasteiger partial charge in [0.15, 0.2) is 0 Å². The van der Waals surface area contributed by atoms with E-state index in [1.165, 1.54) is 0 Å². The third kappa shape index (κ3) is 3.06. The fourth-order valence-corrected chi connectivity index (χ4v) is 3.70. The average molecular weight is 303 g/mol. The van der Waals surface area contributed by atoms with Crippen molar-refractivity contribution in [2.24, 2.45) is 5.84 Å². The van der Waals surface area contributed by atoms with E-state index in [4.69, 9.17) is 5.84 Å². The zero-order valence-corrected chi connectivity index (χ0v) is 13.3. The molecule has 112 valence electrons. The van der Waals surface area contributed by atoms with E-state index in [0.717, 1.165) is 42.0 Å². The smallest absolute Gasteiger partial charge is 0.239 e. The molecule has 2 aromatic rings. The fraction of sp³-hybridized carbons (Fsp3) is 0.467. The number of benzene rings is 1. The third-order valence-electron chi connectivity index (χ3n) is 3.85. The molecule has 1 saturated heterocycles. The van der Waals surface area contributed by atoms with Crippen molar-refractivity contribution < 1.29 is 0 Å². The summed E-state index contributed by atoms with van der Waals surface area (Å²) < 4.78 is 0.326. The van der Waals surface area contributed by atoms with Crippen LogP contribution in [-0.4, -0.2) is 33.6 Å². The molecule has 0 amide bonds. The molecule has 0 unspecified atom stereocenters. The van der Waals surface area contributed by atoms with Crippen LogP contribution in [-0.2, 0) is 0 Å². The number of hydrogen-bond acceptors (Lipinski definition) is 6. The van der Waals surface area contributed by atoms with E-state index in [1.807, 2.05) is 30.0 Å². The van der Waals surface area contributed by atoms with Crippen LogP contribution in [0.15, 0.2) is 24.3 Å². The van der Waals surface area contributed by atoms with Crippen LogP contribution in [0.5, 0.6) is 0 Å². The number of nitrogens with two attached hydrogens (primary N) is 1. The Morgan fingerprint density at radius 1 is 1.24 bits per heavy atom. The van der Waals surface area contributed by atoms with Gasteiger partial charge in [-0.3, -0.25) is 5.43 Å². The van der Waals surface area contributed by atoms with Gasteiger partial charge >= 0.3 is 0 Å². The highest BCUT2D eigenvalue weighted by molar-refractivity contribution is 8.00. The number of nitrogens with one attached hydrogen (secondary N) is 1. The van der Waals surface area contributed by atoms with Crippen molar-refractivity contribution in [1.82, 2.24) is 9.97 Å². The number of hydrazine groups is 1. The van der Waals surface area contributed by atoms with Gasteiger partial charge in [-0.25, -0.2) is 10.8 Å². The number of aromatic nitrogens is 2. The summed E-state index contributed by atoms with van der Waals surface area (Å²) in [5, 5.41) is 1.08. The molecule has 0 bridgehead atoms. The summed E-state index contributed by atoms with van der Waals surface area (Å²) in [5.74, 6) is 8.07. The number of thioether (sulfide) groups is 1. The number of hydrogen-bond donors (Lipinski definition) is 2. The number of rotatable bonds is 2. The summed E-state index contributed by atoms with van der Waals surface area (Å²) in [6.45, 7) is 6.63. The zero-order chi connectivity index (χ0) is 14.9. The summed E-state index contributed by atoms with van der Waals surface area (Å²) in [6, 6.07) is 8.09. The van der Waals surface area contributed by atoms with Crippen LogP contribution >= 0.6 is 11.8 Å². The Hall–Kier alpha value is -1.53. The fourth-order valence-electron chi connectivity index (χ4n) is 2.60. The summed E-state index contributed by atoms with van der Waals surface area (Å²) in [7, 11) is 0. The lowest BCUT2D eigenvalue weighted by molar-refractivity contribution is 0.636. The normalized spacial score (nSPS) is 18.5. The SMILES string of the molecule is CC1(C)CCN(c2nc(NN)nc3ccccc23)CCS1. The molecule has 21 heavy (non-hydrogen) atoms. The van der Waals surface area contributed by atoms with Crippen LogP contribution < -0.4 is 16.2 Å². The molecular weight excluding hydrogens is 282 g/mol. The Morgan fingerprint density at radius 3 is 2.86 bits per heavy atom. The highest BCUT2D eigenvalue weighted by atomic mass is 32.2. The van der Waals surface area contributed by atoms with Gasteiger partial charge < -0.3 is 4.90 Å². The molecule has 0 aliphatic carbocycles. The molecule has 0 saturated carbocycles. The maximum Gasteiger partial charge on any atom is 0.239 e. The van der Waals surface area contributed by atoms with E-state index < -0.39 is 0 Å². The number of anilines is 2. The molecule has 1 aliphatic heterocycles. The van der Waals surface area contributed by atoms with Crippen molar-refractivity contribution in [1.29, 1.82) is 0 Å². The third-order valence-corrected chi connectivity index (χ3v) is 5.22. The molecule has 0 atom stereocenters. The van der Waals surface area contributed by atoms with Crippen molar-refractivity contribution in [2.45, 2.75) is 25.0 Å². The molecule has 3 N–H and O–H groups in total. The Kier molecular flexibility index (Phi) is 3.91. The standard InChI is InChI=1S/C15H21N5S/c1-15(2)7-8-20(9-10-21-15)13-11-5-3-4-6-12(11)17-14(18-13)19-16/h3-6H,7-10,16H2,1-2H3,(H,17,18,19). The minimum atomic E-state index is 0.326. The van der Waals surface area contributed by atoms with Crippen LogP contribution in [0.1, 0.15) is 20.3 Å². The first-order valence-corrected chi connectivity index (χ1v) is 8.20. The van der Waals surface area contributed by atoms with Crippen LogP contribution in [0.3, 0.4) is 0 Å². The Balaban J connectivity index is 2.02. The van der Waals surface area contributed by atoms with E-state index in [0.29, 0.717) is 10.7 Å². The predicted molar refractivity (Wildman–Crippen MR) is 90.7 cm³/mol. The quantitative estimate of drug-likeness (QED) is 0.657. The zero-order valence-electron chi connectivity index (χ0n) is 12.5. The van der Waals surface area contributed by atoms with Crippen molar-refractivity contribution >= 4 is 34.4 Å². The van der Waals surface area contributed by atoms with Gasteiger partial charge in [-0.1, -0.05) is 26.0 Å². The van der Waals surface area contributed by atoms with Gasteiger partial charge in [-0.15, -0.1) is 0 Å². The molecule has 2 heterocycles. The first kappa shape index (κ1) is 14.4. The van der Waals surface area contributed by atoms with Gasteiger partial charge in [0, 0.05) is 29.0 Å². The highest BCUT2D eigenvalue weighted by Gasteiger charge is 2.25. The summed E-state index contributed by atoms with van der Waals surface area (Å²) in [5.41, 5.74) is 3.50. The molecule has 1 aromatic carbocycles. The second-order valence-corrected chi connectivity index (χ2v) is 7.68. The Labute approximate surface area is 129 Å². The molecule has 1 fully saturated rings. The highest BCUT2D eigenvalue weighted by Crippen LogP contribution is 2.33. The van der Waals surface area contributed by atoms with Crippen LogP contribution in [0.2, 0.25) is 0 Å². The molecule has 3 rings (SSSR count). The van der Waals surface area contributed by atoms with E-state index >= 15 is 0 Å². The van der Waals surface area contributed by atoms with Gasteiger partial charge in [-0.2, -0.15) is 16.7 Å². The summed E-state index contributed by atoms with van der Waals surface area (Å²) in [4.78, 5) is 11.4. The van der Waals surface area contributed by atoms with E-state index in [1.54, 1.807) is 0 Å². The molecule has 1 aromatic heterocycles. The van der Waals surface area contributed by atoms with Crippen molar-refractivity contribution in [3.63, 3.8) is 0 Å². The monoisotopic (exact) mass is 303 g/mol. The molecule has 5 nitrogen and oxygen atoms in total. The second kappa shape index (κ2) is 5.69. The number of fused-ring (bicyclic) bond motifs is 1. The minimum absolute atomic E-state index is 0.326. The van der Waals surface area contributed by atoms with E-state index in [2.05, 4.69) is 40.2 Å². The van der Waals surface area contributed by atoms with Crippen molar-refractivity contribution in [2.75, 3.05) is 29.2 Å². The summed E-state index contributed by atoms with van der Waals surface area (Å²) >= 11 is 2.03. The van der Waals surface area contributed by atoms with E-state index in [-0.39, 0.29) is 0 Å². The molecule has 0 spiro atoms. The van der Waals surface area contributed by atoms with Gasteiger partial charge in [0.25, 0.3) is 0 Å². The largest absolute Gasteiger partial charge is 0.355 e. The van der Waals surface area contributed by atoms with Crippen LogP contribution in [0.25, 0.3) is 10.9 Å². The lowest BCUT2D eigenvalue weighted by Crippen LogP contribution is -2.28. The minimum Gasteiger partial charge on any atom is -0.355 e. The van der Waals surface area contributed by atoms with E-state index in [9.17, 15) is 0 Å². The number of nitrogen functional groups attached to an aromatic ring is 1. The molecular formula is C15H21N5S. The van der Waals surface area contributed by atoms with Gasteiger partial charge in [0.2, 0.25) is 5.95 Å². The maximum absolute atomic E-state index is 5.52. The number of para-hydroxylation sites is 1. The first-order chi connectivity index (χ1) is 10.1. The second-order valence-electron chi connectivity index (χ2n) is 5.88. The maximum atomic E-state index is 5.52. The van der Waals surface area contributed by atoms with Gasteiger partial charge in [0.1, 0.15) is 5.82 Å². The molecule has 0 radical (unpaired) electrons. The lowest BCUT2D eigenvalue weighted by Gasteiger charge is -2.24. The van der Waals surface area contributed by atoms with Crippen molar-refractivity contribution in [3.05, 3.63) is 24.3 Å². The van der Waals surface area contributed by atoms with Crippen LogP contribution in [0, 0.1) is 0 Å². The van der Waals surface area contributed by atoms with Gasteiger partial charge in [-0.05, 0) is 18.6 Å². The number of nitrogens with zero attached hydrogens (tertiary/aromatic N) is 3. The summed E-state index contributed by atoms with van der Waals surface area (Å²) in [6.07, 6.45) is 1.14. The molecule has 1 aliphatic rings. The Morgan fingerprint density at radius 2 is 2.05 bits per heavy atom. The first-order valence-electron chi connectivity index (χ1n) is 7.21. The van der Waals surface area contributed by atoms with Crippen molar-refractivity contribution in [3.8, 4) is 0 Å². The predicted octanol–water partition coefficient (Wildman–Crippen LogP) is 2.64. The topological polar surface area (TPSA) is 67.1 Å². The Bertz CT molecular complexity index is 643. The van der Waals surface area contributed by atoms with Crippen LogP contribution in [0.4, 0.5) is 11.8 Å². The average Bonchev–Trinajstić information content (AvgIpc) is 2.67. The lowest BCUT2D eigenvalue weighted by atomic mass is 10.1. The molecule has 6 heteroatoms. The van der Waals surface area contributed by atoms with Gasteiger partial charge in [0.05, 0.1) is 5.52 Å².